The van der Waals surface area contributed by atoms with E-state index in [9.17, 15) is 9.59 Å². The second kappa shape index (κ2) is 8.36. The normalized spacial score (nSPS) is 10.7. The van der Waals surface area contributed by atoms with E-state index < -0.39 is 11.7 Å². The van der Waals surface area contributed by atoms with Crippen LogP contribution in [-0.2, 0) is 0 Å². The van der Waals surface area contributed by atoms with Crippen molar-refractivity contribution < 1.29 is 18.7 Å². The summed E-state index contributed by atoms with van der Waals surface area (Å²) in [6.45, 7) is 1.87. The van der Waals surface area contributed by atoms with Crippen LogP contribution < -0.4 is 20.0 Å². The monoisotopic (exact) mass is 415 g/mol. The number of fused-ring (bicyclic) bond motifs is 1. The van der Waals surface area contributed by atoms with Crippen molar-refractivity contribution in [2.24, 2.45) is 0 Å². The van der Waals surface area contributed by atoms with Gasteiger partial charge in [-0.3, -0.25) is 4.90 Å². The maximum Gasteiger partial charge on any atom is 0.419 e. The van der Waals surface area contributed by atoms with Crippen LogP contribution in [0, 0.1) is 6.92 Å². The van der Waals surface area contributed by atoms with E-state index in [1.807, 2.05) is 49.4 Å². The first-order valence-electron chi connectivity index (χ1n) is 9.70. The van der Waals surface area contributed by atoms with Gasteiger partial charge in [-0.1, -0.05) is 30.3 Å². The molecule has 0 saturated carbocycles. The van der Waals surface area contributed by atoms with Crippen molar-refractivity contribution >= 4 is 22.7 Å². The number of methoxy groups -OCH3 is 1. The highest BCUT2D eigenvalue weighted by molar-refractivity contribution is 5.90. The molecule has 0 radical (unpaired) electrons. The molecule has 4 aromatic rings. The van der Waals surface area contributed by atoms with Crippen molar-refractivity contribution in [3.05, 3.63) is 88.8 Å². The number of nitrogens with zero attached hydrogens (tertiary/aromatic N) is 1. The van der Waals surface area contributed by atoms with Gasteiger partial charge in [-0.05, 0) is 54.4 Å². The number of anilines is 1. The molecule has 0 fully saturated rings. The van der Waals surface area contributed by atoms with Crippen molar-refractivity contribution in [2.45, 2.75) is 6.92 Å². The van der Waals surface area contributed by atoms with E-state index >= 15 is 0 Å². The van der Waals surface area contributed by atoms with E-state index in [2.05, 4.69) is 0 Å². The van der Waals surface area contributed by atoms with Gasteiger partial charge in [0, 0.05) is 24.2 Å². The zero-order valence-electron chi connectivity index (χ0n) is 17.4. The SMILES string of the molecule is COc1ccc(-c2c(C)c3ccc(OC(=O)N(C)c4ccccc4)cc3oc2=O)cc1. The fourth-order valence-electron chi connectivity index (χ4n) is 3.42. The van der Waals surface area contributed by atoms with Crippen molar-refractivity contribution in [3.63, 3.8) is 0 Å². The lowest BCUT2D eigenvalue weighted by atomic mass is 9.99. The topological polar surface area (TPSA) is 69.0 Å². The van der Waals surface area contributed by atoms with Gasteiger partial charge in [0.2, 0.25) is 0 Å². The minimum Gasteiger partial charge on any atom is -0.497 e. The fraction of sp³-hybridized carbons (Fsp3) is 0.120. The number of carbonyl (C=O) groups is 1. The Morgan fingerprint density at radius 3 is 2.29 bits per heavy atom. The molecule has 1 amide bonds. The van der Waals surface area contributed by atoms with E-state index in [0.29, 0.717) is 28.3 Å². The Balaban J connectivity index is 1.65. The summed E-state index contributed by atoms with van der Waals surface area (Å²) in [5.41, 5.74) is 2.63. The van der Waals surface area contributed by atoms with Crippen LogP contribution in [0.4, 0.5) is 10.5 Å². The number of amides is 1. The molecular formula is C25H21NO5. The Hall–Kier alpha value is -4.06. The lowest BCUT2D eigenvalue weighted by Crippen LogP contribution is -2.29. The third-order valence-corrected chi connectivity index (χ3v) is 5.14. The summed E-state index contributed by atoms with van der Waals surface area (Å²) in [4.78, 5) is 26.6. The summed E-state index contributed by atoms with van der Waals surface area (Å²) in [6, 6.07) is 21.4. The van der Waals surface area contributed by atoms with Crippen LogP contribution in [0.5, 0.6) is 11.5 Å². The van der Waals surface area contributed by atoms with Crippen LogP contribution in [0.3, 0.4) is 0 Å². The Morgan fingerprint density at radius 1 is 0.935 bits per heavy atom. The molecule has 156 valence electrons. The van der Waals surface area contributed by atoms with Gasteiger partial charge < -0.3 is 13.9 Å². The minimum atomic E-state index is -0.542. The molecule has 0 aliphatic carbocycles. The molecule has 0 unspecified atom stereocenters. The third-order valence-electron chi connectivity index (χ3n) is 5.14. The fourth-order valence-corrected chi connectivity index (χ4v) is 3.42. The maximum atomic E-state index is 12.7. The number of carbonyl (C=O) groups excluding carboxylic acids is 1. The van der Waals surface area contributed by atoms with Gasteiger partial charge in [0.1, 0.15) is 17.1 Å². The van der Waals surface area contributed by atoms with Crippen LogP contribution >= 0.6 is 0 Å². The van der Waals surface area contributed by atoms with Crippen LogP contribution in [0.2, 0.25) is 0 Å². The Morgan fingerprint density at radius 2 is 1.61 bits per heavy atom. The van der Waals surface area contributed by atoms with Crippen molar-refractivity contribution in [3.8, 4) is 22.6 Å². The first-order valence-corrected chi connectivity index (χ1v) is 9.70. The summed E-state index contributed by atoms with van der Waals surface area (Å²) in [7, 11) is 3.22. The highest BCUT2D eigenvalue weighted by Gasteiger charge is 2.17. The quantitative estimate of drug-likeness (QED) is 0.417. The highest BCUT2D eigenvalue weighted by atomic mass is 16.6. The van der Waals surface area contributed by atoms with Gasteiger partial charge >= 0.3 is 11.7 Å². The van der Waals surface area contributed by atoms with Gasteiger partial charge in [-0.15, -0.1) is 0 Å². The second-order valence-electron chi connectivity index (χ2n) is 7.04. The Labute approximate surface area is 179 Å². The molecule has 3 aromatic carbocycles. The number of benzene rings is 3. The van der Waals surface area contributed by atoms with Crippen LogP contribution in [-0.4, -0.2) is 20.3 Å². The first-order chi connectivity index (χ1) is 15.0. The number of ether oxygens (including phenoxy) is 2. The second-order valence-corrected chi connectivity index (χ2v) is 7.04. The van der Waals surface area contributed by atoms with E-state index in [4.69, 9.17) is 13.9 Å². The molecule has 0 atom stereocenters. The zero-order chi connectivity index (χ0) is 22.0. The molecule has 0 aliphatic rings. The molecule has 0 spiro atoms. The van der Waals surface area contributed by atoms with E-state index in [0.717, 1.165) is 16.5 Å². The lowest BCUT2D eigenvalue weighted by molar-refractivity contribution is 0.209. The molecule has 0 saturated heterocycles. The minimum absolute atomic E-state index is 0.292. The van der Waals surface area contributed by atoms with E-state index in [1.165, 1.54) is 4.90 Å². The molecule has 0 aliphatic heterocycles. The van der Waals surface area contributed by atoms with Gasteiger partial charge in [-0.2, -0.15) is 0 Å². The van der Waals surface area contributed by atoms with Gasteiger partial charge in [0.25, 0.3) is 0 Å². The van der Waals surface area contributed by atoms with Gasteiger partial charge in [0.15, 0.2) is 0 Å². The summed E-state index contributed by atoms with van der Waals surface area (Å²) < 4.78 is 16.2. The summed E-state index contributed by atoms with van der Waals surface area (Å²) >= 11 is 0. The molecule has 31 heavy (non-hydrogen) atoms. The van der Waals surface area contributed by atoms with Crippen molar-refractivity contribution in [2.75, 3.05) is 19.1 Å². The summed E-state index contributed by atoms with van der Waals surface area (Å²) in [5, 5.41) is 0.765. The van der Waals surface area contributed by atoms with Crippen LogP contribution in [0.15, 0.2) is 82.0 Å². The van der Waals surface area contributed by atoms with Gasteiger partial charge in [0.05, 0.1) is 12.7 Å². The average Bonchev–Trinajstić information content (AvgIpc) is 2.79. The average molecular weight is 415 g/mol. The largest absolute Gasteiger partial charge is 0.497 e. The Kier molecular flexibility index (Phi) is 5.45. The van der Waals surface area contributed by atoms with Crippen molar-refractivity contribution in [1.82, 2.24) is 0 Å². The van der Waals surface area contributed by atoms with E-state index in [-0.39, 0.29) is 0 Å². The molecule has 6 nitrogen and oxygen atoms in total. The van der Waals surface area contributed by atoms with Crippen LogP contribution in [0.1, 0.15) is 5.56 Å². The predicted octanol–water partition coefficient (Wildman–Crippen LogP) is 5.41. The molecule has 1 heterocycles. The molecule has 1 aromatic heterocycles. The van der Waals surface area contributed by atoms with Gasteiger partial charge in [-0.25, -0.2) is 9.59 Å². The lowest BCUT2D eigenvalue weighted by Gasteiger charge is -2.17. The first kappa shape index (κ1) is 20.2. The number of rotatable bonds is 4. The number of hydrogen-bond donors (Lipinski definition) is 0. The van der Waals surface area contributed by atoms with E-state index in [1.54, 1.807) is 44.5 Å². The Bertz CT molecular complexity index is 1290. The standard InChI is InChI=1S/C25H21NO5/c1-16-21-14-13-20(30-25(28)26(2)18-7-5-4-6-8-18)15-22(21)31-24(27)23(16)17-9-11-19(29-3)12-10-17/h4-15H,1-3H3. The number of hydrogen-bond acceptors (Lipinski definition) is 5. The number of aryl methyl sites for hydroxylation is 1. The zero-order valence-corrected chi connectivity index (χ0v) is 17.4. The van der Waals surface area contributed by atoms with Crippen molar-refractivity contribution in [1.29, 1.82) is 0 Å². The summed E-state index contributed by atoms with van der Waals surface area (Å²) in [5.74, 6) is 0.999. The molecular weight excluding hydrogens is 394 g/mol. The highest BCUT2D eigenvalue weighted by Crippen LogP contribution is 2.30. The smallest absolute Gasteiger partial charge is 0.419 e. The third kappa shape index (κ3) is 4.00. The molecule has 4 rings (SSSR count). The molecule has 0 bridgehead atoms. The number of para-hydroxylation sites is 1. The predicted molar refractivity (Wildman–Crippen MR) is 120 cm³/mol. The summed E-state index contributed by atoms with van der Waals surface area (Å²) in [6.07, 6.45) is -0.542. The van der Waals surface area contributed by atoms with Crippen LogP contribution in [0.25, 0.3) is 22.1 Å². The molecule has 0 N–H and O–H groups in total. The maximum absolute atomic E-state index is 12.7. The molecule has 6 heteroatoms.